The van der Waals surface area contributed by atoms with Crippen molar-refractivity contribution in [2.24, 2.45) is 0 Å². The highest BCUT2D eigenvalue weighted by molar-refractivity contribution is 7.06. The standard InChI is InChI=1S/C35H37ClF2N8O2S/c1-22-39-29(49-42-22)19-26(38)33(47)44-17-15-43(16-18-44)32-24-9-14-45(28-6-2-5-23-7-8-25(37)31(36)30(23)28)20-27(24)40-34(41-32)48-21-35-10-3-12-46(35)13-4-11-35/h2,5-8,19H,3-4,9-18,20-21H2,1H3/b26-19-. The summed E-state index contributed by atoms with van der Waals surface area (Å²) in [4.78, 5) is 35.5. The summed E-state index contributed by atoms with van der Waals surface area (Å²) in [6, 6.07) is 9.36. The zero-order valence-electron chi connectivity index (χ0n) is 27.3. The number of nitrogens with zero attached hydrogens (tertiary/aromatic N) is 8. The topological polar surface area (TPSA) is 90.8 Å². The van der Waals surface area contributed by atoms with Crippen LogP contribution >= 0.6 is 23.1 Å². The van der Waals surface area contributed by atoms with Crippen LogP contribution in [0.4, 0.5) is 20.3 Å². The second kappa shape index (κ2) is 13.1. The van der Waals surface area contributed by atoms with Gasteiger partial charge in [-0.1, -0.05) is 29.8 Å². The van der Waals surface area contributed by atoms with Gasteiger partial charge in [0.2, 0.25) is 0 Å². The molecular weight excluding hydrogens is 670 g/mol. The van der Waals surface area contributed by atoms with Gasteiger partial charge in [-0.3, -0.25) is 9.69 Å². The van der Waals surface area contributed by atoms with E-state index in [1.165, 1.54) is 23.8 Å². The number of halogens is 3. The molecule has 3 saturated heterocycles. The van der Waals surface area contributed by atoms with Crippen LogP contribution in [0, 0.1) is 12.7 Å². The maximum atomic E-state index is 14.9. The Morgan fingerprint density at radius 1 is 1.02 bits per heavy atom. The van der Waals surface area contributed by atoms with Crippen molar-refractivity contribution in [2.45, 2.75) is 51.1 Å². The molecule has 0 bridgehead atoms. The summed E-state index contributed by atoms with van der Waals surface area (Å²) in [5.41, 5.74) is 2.77. The molecule has 2 aromatic carbocycles. The van der Waals surface area contributed by atoms with Gasteiger partial charge in [-0.2, -0.15) is 14.3 Å². The number of amides is 1. The molecule has 0 atom stereocenters. The van der Waals surface area contributed by atoms with E-state index in [0.29, 0.717) is 74.5 Å². The van der Waals surface area contributed by atoms with Crippen LogP contribution in [0.3, 0.4) is 0 Å². The fourth-order valence-electron chi connectivity index (χ4n) is 7.95. The third kappa shape index (κ3) is 6.10. The number of hydrogen-bond acceptors (Lipinski definition) is 10. The number of piperazine rings is 1. The lowest BCUT2D eigenvalue weighted by Crippen LogP contribution is -2.49. The predicted molar refractivity (Wildman–Crippen MR) is 186 cm³/mol. The number of ether oxygens (including phenoxy) is 1. The van der Waals surface area contributed by atoms with E-state index in [-0.39, 0.29) is 10.6 Å². The third-order valence-electron chi connectivity index (χ3n) is 10.4. The molecule has 0 aliphatic carbocycles. The van der Waals surface area contributed by atoms with Crippen molar-refractivity contribution in [3.63, 3.8) is 0 Å². The van der Waals surface area contributed by atoms with Crippen LogP contribution in [0.2, 0.25) is 5.02 Å². The first kappa shape index (κ1) is 32.3. The van der Waals surface area contributed by atoms with Gasteiger partial charge in [0.1, 0.15) is 29.1 Å². The number of fused-ring (bicyclic) bond motifs is 3. The highest BCUT2D eigenvalue weighted by Crippen LogP contribution is 2.40. The lowest BCUT2D eigenvalue weighted by Gasteiger charge is -2.38. The molecule has 0 unspecified atom stereocenters. The van der Waals surface area contributed by atoms with Crippen LogP contribution in [0.1, 0.15) is 47.8 Å². The Kier molecular flexibility index (Phi) is 8.61. The summed E-state index contributed by atoms with van der Waals surface area (Å²) in [5, 5.41) is 2.03. The molecule has 10 nitrogen and oxygen atoms in total. The lowest BCUT2D eigenvalue weighted by molar-refractivity contribution is -0.128. The molecule has 2 aromatic heterocycles. The Morgan fingerprint density at radius 2 is 1.82 bits per heavy atom. The fraction of sp³-hybridized carbons (Fsp3) is 0.457. The van der Waals surface area contributed by atoms with Gasteiger partial charge in [0.15, 0.2) is 5.83 Å². The molecule has 4 aromatic rings. The summed E-state index contributed by atoms with van der Waals surface area (Å²) in [6.07, 6.45) is 6.36. The van der Waals surface area contributed by atoms with Gasteiger partial charge in [0.05, 0.1) is 22.8 Å². The normalized spacial score (nSPS) is 19.4. The average Bonchev–Trinajstić information content (AvgIpc) is 3.83. The Bertz CT molecular complexity index is 1940. The maximum absolute atomic E-state index is 14.9. The van der Waals surface area contributed by atoms with Gasteiger partial charge >= 0.3 is 6.01 Å². The van der Waals surface area contributed by atoms with Crippen molar-refractivity contribution in [1.29, 1.82) is 0 Å². The average molecular weight is 707 g/mol. The Labute approximate surface area is 292 Å². The molecule has 3 fully saturated rings. The first-order valence-corrected chi connectivity index (χ1v) is 18.0. The first-order chi connectivity index (χ1) is 23.8. The summed E-state index contributed by atoms with van der Waals surface area (Å²) < 4.78 is 40.1. The first-order valence-electron chi connectivity index (χ1n) is 16.9. The molecule has 14 heteroatoms. The Balaban J connectivity index is 1.07. The van der Waals surface area contributed by atoms with Gasteiger partial charge in [-0.15, -0.1) is 0 Å². The van der Waals surface area contributed by atoms with E-state index in [9.17, 15) is 13.6 Å². The monoisotopic (exact) mass is 706 g/mol. The van der Waals surface area contributed by atoms with E-state index in [4.69, 9.17) is 26.3 Å². The van der Waals surface area contributed by atoms with Crippen molar-refractivity contribution < 1.29 is 18.3 Å². The van der Waals surface area contributed by atoms with E-state index in [1.54, 1.807) is 13.0 Å². The Morgan fingerprint density at radius 3 is 2.57 bits per heavy atom. The molecule has 8 rings (SSSR count). The summed E-state index contributed by atoms with van der Waals surface area (Å²) in [6.45, 7) is 7.25. The van der Waals surface area contributed by atoms with Crippen molar-refractivity contribution >= 4 is 57.4 Å². The SMILES string of the molecule is Cc1nsc(/C=C(\F)C(=O)N2CCN(c3nc(OCC45CCCN4CCC5)nc4c3CCN(c3cccc5ccc(F)c(Cl)c35)C4)CC2)n1. The van der Waals surface area contributed by atoms with Gasteiger partial charge in [-0.05, 0) is 81.2 Å². The predicted octanol–water partition coefficient (Wildman–Crippen LogP) is 5.81. The molecule has 49 heavy (non-hydrogen) atoms. The second-order valence-electron chi connectivity index (χ2n) is 13.3. The Hall–Kier alpha value is -3.94. The number of hydrogen-bond donors (Lipinski definition) is 0. The molecule has 0 N–H and O–H groups in total. The number of carbonyl (C=O) groups excluding carboxylic acids is 1. The molecule has 0 spiro atoms. The van der Waals surface area contributed by atoms with E-state index in [0.717, 1.165) is 71.7 Å². The van der Waals surface area contributed by atoms with Gasteiger partial charge in [0, 0.05) is 55.4 Å². The molecule has 4 aliphatic rings. The summed E-state index contributed by atoms with van der Waals surface area (Å²) in [7, 11) is 0. The minimum absolute atomic E-state index is 0.0339. The number of anilines is 2. The number of aryl methyl sites for hydroxylation is 1. The lowest BCUT2D eigenvalue weighted by atomic mass is 9.95. The molecule has 1 amide bonds. The molecule has 256 valence electrons. The molecular formula is C35H37ClF2N8O2S. The number of aromatic nitrogens is 4. The van der Waals surface area contributed by atoms with E-state index in [2.05, 4.69) is 24.1 Å². The van der Waals surface area contributed by atoms with Crippen molar-refractivity contribution in [2.75, 3.05) is 62.2 Å². The minimum Gasteiger partial charge on any atom is -0.461 e. The zero-order valence-corrected chi connectivity index (χ0v) is 28.9. The highest BCUT2D eigenvalue weighted by atomic mass is 35.5. The van der Waals surface area contributed by atoms with Crippen LogP contribution in [-0.4, -0.2) is 93.0 Å². The van der Waals surface area contributed by atoms with Gasteiger partial charge < -0.3 is 19.4 Å². The van der Waals surface area contributed by atoms with Crippen LogP contribution in [0.15, 0.2) is 36.2 Å². The zero-order chi connectivity index (χ0) is 33.7. The molecule has 6 heterocycles. The minimum atomic E-state index is -0.847. The van der Waals surface area contributed by atoms with Crippen molar-refractivity contribution in [3.05, 3.63) is 69.1 Å². The highest BCUT2D eigenvalue weighted by Gasteiger charge is 2.45. The van der Waals surface area contributed by atoms with Crippen molar-refractivity contribution in [3.8, 4) is 6.01 Å². The number of carbonyl (C=O) groups is 1. The van der Waals surface area contributed by atoms with Crippen LogP contribution in [0.5, 0.6) is 6.01 Å². The van der Waals surface area contributed by atoms with Crippen LogP contribution < -0.4 is 14.5 Å². The third-order valence-corrected chi connectivity index (χ3v) is 11.5. The van der Waals surface area contributed by atoms with Gasteiger partial charge in [-0.25, -0.2) is 13.8 Å². The van der Waals surface area contributed by atoms with Crippen LogP contribution in [0.25, 0.3) is 16.8 Å². The summed E-state index contributed by atoms with van der Waals surface area (Å²) in [5.74, 6) is -0.612. The molecule has 0 radical (unpaired) electrons. The van der Waals surface area contributed by atoms with E-state index >= 15 is 0 Å². The van der Waals surface area contributed by atoms with E-state index in [1.807, 2.05) is 18.2 Å². The molecule has 4 aliphatic heterocycles. The second-order valence-corrected chi connectivity index (χ2v) is 14.5. The van der Waals surface area contributed by atoms with Crippen LogP contribution in [-0.2, 0) is 17.8 Å². The van der Waals surface area contributed by atoms with Crippen molar-refractivity contribution in [1.82, 2.24) is 29.1 Å². The number of rotatable bonds is 7. The molecule has 0 saturated carbocycles. The smallest absolute Gasteiger partial charge is 0.318 e. The maximum Gasteiger partial charge on any atom is 0.318 e. The quantitative estimate of drug-likeness (QED) is 0.221. The van der Waals surface area contributed by atoms with E-state index < -0.39 is 17.6 Å². The fourth-order valence-corrected chi connectivity index (χ4v) is 8.81. The summed E-state index contributed by atoms with van der Waals surface area (Å²) >= 11 is 7.59. The largest absolute Gasteiger partial charge is 0.461 e. The van der Waals surface area contributed by atoms with Gasteiger partial charge in [0.25, 0.3) is 5.91 Å². The number of benzene rings is 2.